The molecule has 0 aliphatic rings. The molecule has 1 aromatic heterocycles. The van der Waals surface area contributed by atoms with Crippen molar-refractivity contribution in [1.82, 2.24) is 9.55 Å². The third kappa shape index (κ3) is 3.34. The average Bonchev–Trinajstić information content (AvgIpc) is 2.55. The Bertz CT molecular complexity index is 946. The van der Waals surface area contributed by atoms with Crippen molar-refractivity contribution in [2.45, 2.75) is 13.5 Å². The van der Waals surface area contributed by atoms with Gasteiger partial charge in [0, 0.05) is 10.1 Å². The first-order chi connectivity index (χ1) is 11.1. The van der Waals surface area contributed by atoms with Crippen molar-refractivity contribution < 1.29 is 4.39 Å². The summed E-state index contributed by atoms with van der Waals surface area (Å²) in [5, 5.41) is 0.623. The number of halogens is 2. The quantitative estimate of drug-likeness (QED) is 0.592. The maximum Gasteiger partial charge on any atom is 0.261 e. The molecule has 0 aliphatic carbocycles. The molecule has 0 saturated heterocycles. The molecular weight excluding hydrogens is 406 g/mol. The SMILES string of the molecule is CCn1c(/C=C/c2ccc(F)cc2)nc2ccc(I)cc2c1=O. The van der Waals surface area contributed by atoms with Crippen LogP contribution in [0.4, 0.5) is 4.39 Å². The first-order valence-electron chi connectivity index (χ1n) is 7.22. The number of nitrogens with zero attached hydrogens (tertiary/aromatic N) is 2. The van der Waals surface area contributed by atoms with E-state index in [1.54, 1.807) is 22.8 Å². The first-order valence-corrected chi connectivity index (χ1v) is 8.30. The molecule has 2 aromatic carbocycles. The topological polar surface area (TPSA) is 34.9 Å². The minimum Gasteiger partial charge on any atom is -0.293 e. The summed E-state index contributed by atoms with van der Waals surface area (Å²) in [6.45, 7) is 2.45. The molecule has 116 valence electrons. The highest BCUT2D eigenvalue weighted by molar-refractivity contribution is 14.1. The molecule has 3 rings (SSSR count). The zero-order chi connectivity index (χ0) is 16.4. The van der Waals surface area contributed by atoms with Crippen LogP contribution in [0, 0.1) is 9.39 Å². The zero-order valence-electron chi connectivity index (χ0n) is 12.5. The fraction of sp³-hybridized carbons (Fsp3) is 0.111. The van der Waals surface area contributed by atoms with Gasteiger partial charge >= 0.3 is 0 Å². The van der Waals surface area contributed by atoms with Crippen molar-refractivity contribution >= 4 is 45.6 Å². The summed E-state index contributed by atoms with van der Waals surface area (Å²) in [7, 11) is 0. The molecule has 0 unspecified atom stereocenters. The Hall–Kier alpha value is -2.02. The lowest BCUT2D eigenvalue weighted by Crippen LogP contribution is -2.23. The summed E-state index contributed by atoms with van der Waals surface area (Å²) in [4.78, 5) is 17.2. The molecule has 0 atom stereocenters. The van der Waals surface area contributed by atoms with E-state index in [1.165, 1.54) is 12.1 Å². The molecule has 5 heteroatoms. The maximum absolute atomic E-state index is 12.9. The van der Waals surface area contributed by atoms with Crippen molar-refractivity contribution in [1.29, 1.82) is 0 Å². The second-order valence-electron chi connectivity index (χ2n) is 5.07. The minimum absolute atomic E-state index is 0.0465. The van der Waals surface area contributed by atoms with E-state index in [2.05, 4.69) is 27.6 Å². The van der Waals surface area contributed by atoms with Gasteiger partial charge in [-0.15, -0.1) is 0 Å². The Balaban J connectivity index is 2.11. The van der Waals surface area contributed by atoms with Crippen LogP contribution < -0.4 is 5.56 Å². The number of aromatic nitrogens is 2. The van der Waals surface area contributed by atoms with Crippen LogP contribution in [0.2, 0.25) is 0 Å². The van der Waals surface area contributed by atoms with Crippen molar-refractivity contribution in [2.75, 3.05) is 0 Å². The second kappa shape index (κ2) is 6.62. The number of rotatable bonds is 3. The molecule has 23 heavy (non-hydrogen) atoms. The molecule has 0 saturated carbocycles. The molecule has 3 aromatic rings. The lowest BCUT2D eigenvalue weighted by Gasteiger charge is -2.09. The van der Waals surface area contributed by atoms with Crippen LogP contribution in [0.25, 0.3) is 23.1 Å². The summed E-state index contributed by atoms with van der Waals surface area (Å²) in [5.74, 6) is 0.321. The Labute approximate surface area is 146 Å². The Morgan fingerprint density at radius 3 is 2.61 bits per heavy atom. The first kappa shape index (κ1) is 15.9. The molecule has 0 radical (unpaired) electrons. The van der Waals surface area contributed by atoms with Gasteiger partial charge in [0.15, 0.2) is 0 Å². The van der Waals surface area contributed by atoms with Gasteiger partial charge < -0.3 is 0 Å². The Kier molecular flexibility index (Phi) is 4.56. The summed E-state index contributed by atoms with van der Waals surface area (Å²) in [6, 6.07) is 11.8. The molecule has 0 bridgehead atoms. The molecular formula is C18H14FIN2O. The minimum atomic E-state index is -0.272. The molecule has 0 spiro atoms. The summed E-state index contributed by atoms with van der Waals surface area (Å²) >= 11 is 2.18. The summed E-state index contributed by atoms with van der Waals surface area (Å²) < 4.78 is 15.6. The molecule has 3 nitrogen and oxygen atoms in total. The number of fused-ring (bicyclic) bond motifs is 1. The largest absolute Gasteiger partial charge is 0.293 e. The second-order valence-corrected chi connectivity index (χ2v) is 6.31. The number of hydrogen-bond donors (Lipinski definition) is 0. The smallest absolute Gasteiger partial charge is 0.261 e. The molecule has 0 fully saturated rings. The van der Waals surface area contributed by atoms with Crippen LogP contribution in [0.3, 0.4) is 0 Å². The molecule has 1 heterocycles. The highest BCUT2D eigenvalue weighted by Crippen LogP contribution is 2.15. The molecule has 0 amide bonds. The van der Waals surface area contributed by atoms with Gasteiger partial charge in [0.05, 0.1) is 10.9 Å². The third-order valence-electron chi connectivity index (χ3n) is 3.56. The van der Waals surface area contributed by atoms with Gasteiger partial charge in [-0.05, 0) is 71.5 Å². The van der Waals surface area contributed by atoms with Gasteiger partial charge in [-0.25, -0.2) is 9.37 Å². The van der Waals surface area contributed by atoms with Crippen LogP contribution in [0.1, 0.15) is 18.3 Å². The van der Waals surface area contributed by atoms with Crippen LogP contribution in [-0.4, -0.2) is 9.55 Å². The van der Waals surface area contributed by atoms with Crippen LogP contribution in [0.5, 0.6) is 0 Å². The van der Waals surface area contributed by atoms with Crippen molar-refractivity contribution in [2.24, 2.45) is 0 Å². The van der Waals surface area contributed by atoms with E-state index in [-0.39, 0.29) is 11.4 Å². The van der Waals surface area contributed by atoms with Crippen molar-refractivity contribution in [3.8, 4) is 0 Å². The van der Waals surface area contributed by atoms with Gasteiger partial charge in [0.1, 0.15) is 11.6 Å². The predicted octanol–water partition coefficient (Wildman–Crippen LogP) is 4.33. The molecule has 0 aliphatic heterocycles. The number of benzene rings is 2. The van der Waals surface area contributed by atoms with E-state index in [9.17, 15) is 9.18 Å². The van der Waals surface area contributed by atoms with Crippen LogP contribution in [-0.2, 0) is 6.54 Å². The molecule has 0 N–H and O–H groups in total. The predicted molar refractivity (Wildman–Crippen MR) is 99.7 cm³/mol. The normalized spacial score (nSPS) is 11.4. The number of hydrogen-bond acceptors (Lipinski definition) is 2. The van der Waals surface area contributed by atoms with Gasteiger partial charge in [-0.2, -0.15) is 0 Å². The highest BCUT2D eigenvalue weighted by atomic mass is 127. The van der Waals surface area contributed by atoms with Crippen LogP contribution >= 0.6 is 22.6 Å². The fourth-order valence-corrected chi connectivity index (χ4v) is 2.88. The summed E-state index contributed by atoms with van der Waals surface area (Å²) in [5.41, 5.74) is 1.49. The van der Waals surface area contributed by atoms with Crippen molar-refractivity contribution in [3.05, 3.63) is 73.6 Å². The fourth-order valence-electron chi connectivity index (χ4n) is 2.39. The monoisotopic (exact) mass is 420 g/mol. The standard InChI is InChI=1S/C18H14FIN2O/c1-2-22-17(10-5-12-3-6-13(19)7-4-12)21-16-9-8-14(20)11-15(16)18(22)23/h3-11H,2H2,1H3/b10-5+. The van der Waals surface area contributed by atoms with Crippen molar-refractivity contribution in [3.63, 3.8) is 0 Å². The Morgan fingerprint density at radius 1 is 1.17 bits per heavy atom. The summed E-state index contributed by atoms with van der Waals surface area (Å²) in [6.07, 6.45) is 3.61. The van der Waals surface area contributed by atoms with E-state index in [1.807, 2.05) is 31.2 Å². The zero-order valence-corrected chi connectivity index (χ0v) is 14.6. The average molecular weight is 420 g/mol. The van der Waals surface area contributed by atoms with Gasteiger partial charge in [-0.3, -0.25) is 9.36 Å². The van der Waals surface area contributed by atoms with E-state index >= 15 is 0 Å². The van der Waals surface area contributed by atoms with Gasteiger partial charge in [0.2, 0.25) is 0 Å². The van der Waals surface area contributed by atoms with E-state index in [4.69, 9.17) is 0 Å². The highest BCUT2D eigenvalue weighted by Gasteiger charge is 2.08. The van der Waals surface area contributed by atoms with E-state index in [0.29, 0.717) is 23.3 Å². The third-order valence-corrected chi connectivity index (χ3v) is 4.23. The lowest BCUT2D eigenvalue weighted by atomic mass is 10.2. The van der Waals surface area contributed by atoms with Gasteiger partial charge in [0.25, 0.3) is 5.56 Å². The van der Waals surface area contributed by atoms with E-state index in [0.717, 1.165) is 9.13 Å². The lowest BCUT2D eigenvalue weighted by molar-refractivity contribution is 0.628. The van der Waals surface area contributed by atoms with Crippen LogP contribution in [0.15, 0.2) is 47.3 Å². The Morgan fingerprint density at radius 2 is 1.91 bits per heavy atom. The maximum atomic E-state index is 12.9. The van der Waals surface area contributed by atoms with Gasteiger partial charge in [-0.1, -0.05) is 18.2 Å². The van der Waals surface area contributed by atoms with E-state index < -0.39 is 0 Å².